The summed E-state index contributed by atoms with van der Waals surface area (Å²) in [5.74, 6) is 1.17. The zero-order chi connectivity index (χ0) is 20.5. The molecule has 2 heterocycles. The topological polar surface area (TPSA) is 63.7 Å². The summed E-state index contributed by atoms with van der Waals surface area (Å²) >= 11 is 0. The molecule has 3 rings (SSSR count). The van der Waals surface area contributed by atoms with E-state index in [1.54, 1.807) is 24.5 Å². The standard InChI is InChI=1S/C23H31N3O3/c1-3-13-26-14-9-20(10-15-26)25-23(27)19-5-6-21(22(16-19)28-4-2)29-17-18-7-11-24-12-8-18/h5-8,11-12,16,20H,3-4,9-10,13-15,17H2,1-2H3,(H,25,27). The smallest absolute Gasteiger partial charge is 0.251 e. The van der Waals surface area contributed by atoms with Crippen molar-refractivity contribution in [1.82, 2.24) is 15.2 Å². The van der Waals surface area contributed by atoms with E-state index in [1.807, 2.05) is 25.1 Å². The van der Waals surface area contributed by atoms with E-state index in [2.05, 4.69) is 22.1 Å². The van der Waals surface area contributed by atoms with E-state index >= 15 is 0 Å². The van der Waals surface area contributed by atoms with Crippen molar-refractivity contribution in [2.75, 3.05) is 26.2 Å². The fraction of sp³-hybridized carbons (Fsp3) is 0.478. The van der Waals surface area contributed by atoms with Gasteiger partial charge in [0.15, 0.2) is 11.5 Å². The molecule has 1 aromatic carbocycles. The number of carbonyl (C=O) groups is 1. The van der Waals surface area contributed by atoms with Gasteiger partial charge in [0.1, 0.15) is 6.61 Å². The zero-order valence-corrected chi connectivity index (χ0v) is 17.4. The van der Waals surface area contributed by atoms with Crippen LogP contribution < -0.4 is 14.8 Å². The molecule has 0 atom stereocenters. The highest BCUT2D eigenvalue weighted by Crippen LogP contribution is 2.29. The first-order valence-electron chi connectivity index (χ1n) is 10.5. The second-order valence-electron chi connectivity index (χ2n) is 7.33. The van der Waals surface area contributed by atoms with Gasteiger partial charge in [-0.2, -0.15) is 0 Å². The molecular weight excluding hydrogens is 366 g/mol. The minimum absolute atomic E-state index is 0.0550. The Bertz CT molecular complexity index is 774. The van der Waals surface area contributed by atoms with Crippen LogP contribution in [0.15, 0.2) is 42.7 Å². The van der Waals surface area contributed by atoms with Crippen molar-refractivity contribution in [2.45, 2.75) is 45.8 Å². The molecule has 156 valence electrons. The van der Waals surface area contributed by atoms with Crippen LogP contribution in [0, 0.1) is 0 Å². The van der Waals surface area contributed by atoms with Gasteiger partial charge in [-0.3, -0.25) is 9.78 Å². The Hall–Kier alpha value is -2.60. The molecule has 29 heavy (non-hydrogen) atoms. The molecule has 0 unspecified atom stereocenters. The van der Waals surface area contributed by atoms with Crippen molar-refractivity contribution in [3.05, 3.63) is 53.9 Å². The average molecular weight is 398 g/mol. The summed E-state index contributed by atoms with van der Waals surface area (Å²) in [6.45, 7) is 8.28. The van der Waals surface area contributed by atoms with Crippen LogP contribution in [0.4, 0.5) is 0 Å². The fourth-order valence-electron chi connectivity index (χ4n) is 3.56. The highest BCUT2D eigenvalue weighted by Gasteiger charge is 2.21. The zero-order valence-electron chi connectivity index (χ0n) is 17.4. The predicted molar refractivity (Wildman–Crippen MR) is 113 cm³/mol. The molecule has 0 aliphatic carbocycles. The molecule has 0 spiro atoms. The lowest BCUT2D eigenvalue weighted by molar-refractivity contribution is 0.0910. The quantitative estimate of drug-likeness (QED) is 0.700. The Morgan fingerprint density at radius 2 is 1.86 bits per heavy atom. The van der Waals surface area contributed by atoms with Crippen molar-refractivity contribution in [2.24, 2.45) is 0 Å². The second-order valence-corrected chi connectivity index (χ2v) is 7.33. The number of piperidine rings is 1. The van der Waals surface area contributed by atoms with Crippen LogP contribution >= 0.6 is 0 Å². The number of aromatic nitrogens is 1. The van der Waals surface area contributed by atoms with E-state index in [-0.39, 0.29) is 11.9 Å². The molecule has 6 nitrogen and oxygen atoms in total. The van der Waals surface area contributed by atoms with Gasteiger partial charge in [-0.05, 0) is 68.6 Å². The van der Waals surface area contributed by atoms with Crippen LogP contribution in [-0.4, -0.2) is 48.1 Å². The van der Waals surface area contributed by atoms with Gasteiger partial charge in [-0.25, -0.2) is 0 Å². The maximum atomic E-state index is 12.7. The highest BCUT2D eigenvalue weighted by atomic mass is 16.5. The maximum absolute atomic E-state index is 12.7. The summed E-state index contributed by atoms with van der Waals surface area (Å²) in [6.07, 6.45) is 6.64. The van der Waals surface area contributed by atoms with Gasteiger partial charge < -0.3 is 19.7 Å². The van der Waals surface area contributed by atoms with E-state index in [9.17, 15) is 4.79 Å². The van der Waals surface area contributed by atoms with Crippen LogP contribution in [0.5, 0.6) is 11.5 Å². The Kier molecular flexibility index (Phi) is 7.87. The molecule has 1 aliphatic heterocycles. The number of hydrogen-bond donors (Lipinski definition) is 1. The van der Waals surface area contributed by atoms with Gasteiger partial charge >= 0.3 is 0 Å². The van der Waals surface area contributed by atoms with Crippen molar-refractivity contribution in [3.63, 3.8) is 0 Å². The normalized spacial score (nSPS) is 15.1. The number of rotatable bonds is 9. The Morgan fingerprint density at radius 1 is 1.10 bits per heavy atom. The van der Waals surface area contributed by atoms with Crippen LogP contribution in [0.25, 0.3) is 0 Å². The molecule has 2 aromatic rings. The van der Waals surface area contributed by atoms with E-state index in [1.165, 1.54) is 6.42 Å². The maximum Gasteiger partial charge on any atom is 0.251 e. The van der Waals surface area contributed by atoms with Crippen molar-refractivity contribution < 1.29 is 14.3 Å². The number of carbonyl (C=O) groups excluding carboxylic acids is 1. The highest BCUT2D eigenvalue weighted by molar-refractivity contribution is 5.95. The van der Waals surface area contributed by atoms with Crippen LogP contribution in [-0.2, 0) is 6.61 Å². The fourth-order valence-corrected chi connectivity index (χ4v) is 3.56. The number of nitrogens with one attached hydrogen (secondary N) is 1. The van der Waals surface area contributed by atoms with E-state index in [0.29, 0.717) is 30.3 Å². The van der Waals surface area contributed by atoms with Gasteiger partial charge in [0.05, 0.1) is 6.61 Å². The van der Waals surface area contributed by atoms with Crippen molar-refractivity contribution in [3.8, 4) is 11.5 Å². The van der Waals surface area contributed by atoms with E-state index in [4.69, 9.17) is 9.47 Å². The van der Waals surface area contributed by atoms with Gasteiger partial charge in [-0.1, -0.05) is 6.92 Å². The third-order valence-corrected chi connectivity index (χ3v) is 5.11. The Morgan fingerprint density at radius 3 is 2.55 bits per heavy atom. The van der Waals surface area contributed by atoms with Crippen LogP contribution in [0.1, 0.15) is 49.0 Å². The number of ether oxygens (including phenoxy) is 2. The summed E-state index contributed by atoms with van der Waals surface area (Å²) in [6, 6.07) is 9.43. The first kappa shape index (κ1) is 21.1. The van der Waals surface area contributed by atoms with Gasteiger partial charge in [-0.15, -0.1) is 0 Å². The molecule has 0 saturated carbocycles. The number of likely N-dealkylation sites (tertiary alicyclic amines) is 1. The third-order valence-electron chi connectivity index (χ3n) is 5.11. The molecule has 1 saturated heterocycles. The first-order chi connectivity index (χ1) is 14.2. The molecule has 1 amide bonds. The SMILES string of the molecule is CCCN1CCC(NC(=O)c2ccc(OCc3ccncc3)c(OCC)c2)CC1. The third kappa shape index (κ3) is 6.19. The van der Waals surface area contributed by atoms with Crippen molar-refractivity contribution >= 4 is 5.91 Å². The molecule has 0 bridgehead atoms. The van der Waals surface area contributed by atoms with Gasteiger partial charge in [0.25, 0.3) is 5.91 Å². The Labute approximate surface area is 173 Å². The van der Waals surface area contributed by atoms with E-state index in [0.717, 1.165) is 38.0 Å². The number of amides is 1. The second kappa shape index (κ2) is 10.8. The predicted octanol–water partition coefficient (Wildman–Crippen LogP) is 3.66. The minimum atomic E-state index is -0.0550. The summed E-state index contributed by atoms with van der Waals surface area (Å²) in [4.78, 5) is 19.2. The lowest BCUT2D eigenvalue weighted by atomic mass is 10.0. The van der Waals surface area contributed by atoms with Gasteiger partial charge in [0.2, 0.25) is 0 Å². The molecule has 1 aliphatic rings. The molecular formula is C23H31N3O3. The summed E-state index contributed by atoms with van der Waals surface area (Å²) in [5, 5.41) is 3.18. The number of nitrogens with zero attached hydrogens (tertiary/aromatic N) is 2. The van der Waals surface area contributed by atoms with Crippen LogP contribution in [0.2, 0.25) is 0 Å². The number of pyridine rings is 1. The summed E-state index contributed by atoms with van der Waals surface area (Å²) < 4.78 is 11.6. The molecule has 6 heteroatoms. The minimum Gasteiger partial charge on any atom is -0.490 e. The number of benzene rings is 1. The molecule has 0 radical (unpaired) electrons. The first-order valence-corrected chi connectivity index (χ1v) is 10.5. The van der Waals surface area contributed by atoms with E-state index < -0.39 is 0 Å². The average Bonchev–Trinajstić information content (AvgIpc) is 2.75. The summed E-state index contributed by atoms with van der Waals surface area (Å²) in [7, 11) is 0. The molecule has 1 aromatic heterocycles. The molecule has 1 fully saturated rings. The Balaban J connectivity index is 1.60. The van der Waals surface area contributed by atoms with Crippen LogP contribution in [0.3, 0.4) is 0 Å². The van der Waals surface area contributed by atoms with Crippen molar-refractivity contribution in [1.29, 1.82) is 0 Å². The van der Waals surface area contributed by atoms with Gasteiger partial charge in [0, 0.05) is 37.1 Å². The molecule has 1 N–H and O–H groups in total. The lowest BCUT2D eigenvalue weighted by Gasteiger charge is -2.32. The summed E-state index contributed by atoms with van der Waals surface area (Å²) in [5.41, 5.74) is 1.62. The monoisotopic (exact) mass is 397 g/mol. The largest absolute Gasteiger partial charge is 0.490 e. The lowest BCUT2D eigenvalue weighted by Crippen LogP contribution is -2.44. The number of hydrogen-bond acceptors (Lipinski definition) is 5.